The van der Waals surface area contributed by atoms with Crippen LogP contribution in [-0.4, -0.2) is 11.6 Å². The highest BCUT2D eigenvalue weighted by Gasteiger charge is 2.70. The zero-order valence-electron chi connectivity index (χ0n) is 17.2. The molecule has 0 radical (unpaired) electrons. The first-order valence-electron chi connectivity index (χ1n) is 11.0. The molecule has 1 saturated carbocycles. The van der Waals surface area contributed by atoms with Crippen molar-refractivity contribution >= 4 is 34.2 Å². The summed E-state index contributed by atoms with van der Waals surface area (Å²) in [4.78, 5) is 30.7. The van der Waals surface area contributed by atoms with Gasteiger partial charge in [-0.3, -0.25) is 9.59 Å². The average molecular weight is 453 g/mol. The van der Waals surface area contributed by atoms with E-state index in [-0.39, 0.29) is 35.2 Å². The Labute approximate surface area is 194 Å². The monoisotopic (exact) mass is 452 g/mol. The number of carbonyl (C=O) groups is 2. The summed E-state index contributed by atoms with van der Waals surface area (Å²) in [5.41, 5.74) is 3.32. The molecule has 7 rings (SSSR count). The van der Waals surface area contributed by atoms with Gasteiger partial charge < -0.3 is 0 Å². The molecule has 0 amide bonds. The maximum absolute atomic E-state index is 14.4. The standard InChI is InChI=1S/C28H20O2S2/c29-26-19-10-4-3-9-18(19)22-23(26)25(21-12-6-14-32-21)28(24(22)20-11-5-13-31-20)15-16-7-1-2-8-17(16)27(28)30/h1-14,22-25H,15H2/t22-,23+,24-,25-,28-/m1/s1. The molecule has 0 bridgehead atoms. The molecule has 0 saturated heterocycles. The fourth-order valence-electron chi connectivity index (χ4n) is 6.97. The number of rotatable bonds is 2. The van der Waals surface area contributed by atoms with Crippen LogP contribution in [0.2, 0.25) is 0 Å². The number of hydrogen-bond donors (Lipinski definition) is 0. The molecular formula is C28H20O2S2. The van der Waals surface area contributed by atoms with Gasteiger partial charge in [-0.1, -0.05) is 60.7 Å². The van der Waals surface area contributed by atoms with E-state index in [2.05, 4.69) is 47.2 Å². The summed E-state index contributed by atoms with van der Waals surface area (Å²) in [6.45, 7) is 0. The Morgan fingerprint density at radius 3 is 1.97 bits per heavy atom. The molecule has 5 atom stereocenters. The highest BCUT2D eigenvalue weighted by atomic mass is 32.1. The van der Waals surface area contributed by atoms with Crippen LogP contribution in [0.25, 0.3) is 0 Å². The molecule has 2 aromatic heterocycles. The van der Waals surface area contributed by atoms with Gasteiger partial charge in [0.1, 0.15) is 0 Å². The number of thiophene rings is 2. The van der Waals surface area contributed by atoms with Crippen molar-refractivity contribution < 1.29 is 9.59 Å². The lowest BCUT2D eigenvalue weighted by Gasteiger charge is -2.36. The van der Waals surface area contributed by atoms with Crippen molar-refractivity contribution in [1.29, 1.82) is 0 Å². The maximum atomic E-state index is 14.4. The van der Waals surface area contributed by atoms with Crippen LogP contribution in [0.15, 0.2) is 83.6 Å². The van der Waals surface area contributed by atoms with Gasteiger partial charge in [0.15, 0.2) is 11.6 Å². The molecule has 4 heteroatoms. The van der Waals surface area contributed by atoms with E-state index in [1.54, 1.807) is 22.7 Å². The van der Waals surface area contributed by atoms with Crippen molar-refractivity contribution in [3.8, 4) is 0 Å². The molecule has 1 fully saturated rings. The zero-order valence-corrected chi connectivity index (χ0v) is 18.9. The van der Waals surface area contributed by atoms with E-state index in [1.165, 1.54) is 9.75 Å². The largest absolute Gasteiger partial charge is 0.294 e. The summed E-state index contributed by atoms with van der Waals surface area (Å²) in [6.07, 6.45) is 0.704. The fourth-order valence-corrected chi connectivity index (χ4v) is 8.92. The lowest BCUT2D eigenvalue weighted by molar-refractivity contribution is 0.0749. The summed E-state index contributed by atoms with van der Waals surface area (Å²) < 4.78 is 0. The first-order valence-corrected chi connectivity index (χ1v) is 12.8. The second-order valence-electron chi connectivity index (χ2n) is 9.19. The number of hydrogen-bond acceptors (Lipinski definition) is 4. The fraction of sp³-hybridized carbons (Fsp3) is 0.214. The SMILES string of the molecule is O=C1c2ccccc2[C@@H]2[C@H]1[C@@H](c1cccs1)[C@@]1(Cc3ccccc3C1=O)[C@@H]2c1cccs1. The number of Topliss-reactive ketones (excluding diaryl/α,β-unsaturated/α-hetero) is 2. The van der Waals surface area contributed by atoms with Crippen molar-refractivity contribution in [2.24, 2.45) is 11.3 Å². The third-order valence-corrected chi connectivity index (χ3v) is 9.88. The Balaban J connectivity index is 1.56. The molecule has 3 aliphatic carbocycles. The Kier molecular flexibility index (Phi) is 3.86. The first kappa shape index (κ1) is 18.7. The molecule has 156 valence electrons. The molecular weight excluding hydrogens is 432 g/mol. The lowest BCUT2D eigenvalue weighted by atomic mass is 9.65. The predicted molar refractivity (Wildman–Crippen MR) is 128 cm³/mol. The third kappa shape index (κ3) is 2.19. The van der Waals surface area contributed by atoms with Gasteiger partial charge in [0.2, 0.25) is 0 Å². The van der Waals surface area contributed by atoms with E-state index in [0.717, 1.165) is 22.3 Å². The Morgan fingerprint density at radius 2 is 1.31 bits per heavy atom. The summed E-state index contributed by atoms with van der Waals surface area (Å²) in [5, 5.41) is 4.18. The van der Waals surface area contributed by atoms with Gasteiger partial charge in [0, 0.05) is 44.6 Å². The third-order valence-electron chi connectivity index (χ3n) is 7.97. The minimum absolute atomic E-state index is 0.00731. The molecule has 0 N–H and O–H groups in total. The van der Waals surface area contributed by atoms with Crippen molar-refractivity contribution in [2.75, 3.05) is 0 Å². The van der Waals surface area contributed by atoms with Crippen LogP contribution in [0.5, 0.6) is 0 Å². The molecule has 1 spiro atoms. The number of carbonyl (C=O) groups excluding carboxylic acids is 2. The molecule has 2 aromatic carbocycles. The second-order valence-corrected chi connectivity index (χ2v) is 11.2. The number of ketones is 2. The minimum Gasteiger partial charge on any atom is -0.294 e. The van der Waals surface area contributed by atoms with E-state index in [1.807, 2.05) is 36.4 Å². The normalized spacial score (nSPS) is 30.0. The Bertz CT molecular complexity index is 1370. The molecule has 4 aromatic rings. The maximum Gasteiger partial charge on any atom is 0.170 e. The summed E-state index contributed by atoms with van der Waals surface area (Å²) in [7, 11) is 0. The second kappa shape index (κ2) is 6.60. The van der Waals surface area contributed by atoms with Crippen molar-refractivity contribution in [1.82, 2.24) is 0 Å². The highest BCUT2D eigenvalue weighted by Crippen LogP contribution is 2.73. The van der Waals surface area contributed by atoms with Gasteiger partial charge in [-0.05, 0) is 40.4 Å². The van der Waals surface area contributed by atoms with E-state index in [4.69, 9.17) is 0 Å². The Morgan fingerprint density at radius 1 is 0.688 bits per heavy atom. The van der Waals surface area contributed by atoms with Gasteiger partial charge >= 0.3 is 0 Å². The lowest BCUT2D eigenvalue weighted by Crippen LogP contribution is -2.38. The van der Waals surface area contributed by atoms with Crippen LogP contribution in [0.1, 0.15) is 59.4 Å². The number of benzene rings is 2. The minimum atomic E-state index is -0.627. The van der Waals surface area contributed by atoms with Crippen LogP contribution in [0, 0.1) is 11.3 Å². The van der Waals surface area contributed by atoms with Gasteiger partial charge in [-0.25, -0.2) is 0 Å². The van der Waals surface area contributed by atoms with Crippen LogP contribution in [0.3, 0.4) is 0 Å². The van der Waals surface area contributed by atoms with Crippen LogP contribution < -0.4 is 0 Å². The summed E-state index contributed by atoms with van der Waals surface area (Å²) in [6, 6.07) is 24.6. The van der Waals surface area contributed by atoms with Crippen LogP contribution in [0.4, 0.5) is 0 Å². The van der Waals surface area contributed by atoms with Gasteiger partial charge in [-0.2, -0.15) is 0 Å². The van der Waals surface area contributed by atoms with Crippen LogP contribution >= 0.6 is 22.7 Å². The summed E-state index contributed by atoms with van der Waals surface area (Å²) >= 11 is 3.42. The summed E-state index contributed by atoms with van der Waals surface area (Å²) in [5.74, 6) is 0.154. The molecule has 2 heterocycles. The van der Waals surface area contributed by atoms with E-state index in [0.29, 0.717) is 6.42 Å². The molecule has 0 aliphatic heterocycles. The molecule has 32 heavy (non-hydrogen) atoms. The first-order chi connectivity index (χ1) is 15.7. The van der Waals surface area contributed by atoms with Crippen molar-refractivity contribution in [3.63, 3.8) is 0 Å². The molecule has 3 aliphatic rings. The number of fused-ring (bicyclic) bond motifs is 4. The quantitative estimate of drug-likeness (QED) is 0.339. The molecule has 2 nitrogen and oxygen atoms in total. The van der Waals surface area contributed by atoms with Gasteiger partial charge in [0.05, 0.1) is 5.41 Å². The Hall–Kier alpha value is -2.82. The smallest absolute Gasteiger partial charge is 0.170 e. The van der Waals surface area contributed by atoms with E-state index >= 15 is 0 Å². The highest BCUT2D eigenvalue weighted by molar-refractivity contribution is 7.10. The van der Waals surface area contributed by atoms with E-state index < -0.39 is 5.41 Å². The molecule has 0 unspecified atom stereocenters. The van der Waals surface area contributed by atoms with E-state index in [9.17, 15) is 9.59 Å². The average Bonchev–Trinajstić information content (AvgIpc) is 3.62. The zero-order chi connectivity index (χ0) is 21.4. The topological polar surface area (TPSA) is 34.1 Å². The van der Waals surface area contributed by atoms with Gasteiger partial charge in [0.25, 0.3) is 0 Å². The van der Waals surface area contributed by atoms with Crippen molar-refractivity contribution in [3.05, 3.63) is 116 Å². The van der Waals surface area contributed by atoms with Crippen LogP contribution in [-0.2, 0) is 6.42 Å². The predicted octanol–water partition coefficient (Wildman–Crippen LogP) is 6.71. The van der Waals surface area contributed by atoms with Gasteiger partial charge in [-0.15, -0.1) is 22.7 Å². The van der Waals surface area contributed by atoms with Crippen molar-refractivity contribution in [2.45, 2.75) is 24.2 Å².